The van der Waals surface area contributed by atoms with Gasteiger partial charge in [0.15, 0.2) is 0 Å². The molecule has 1 aromatic carbocycles. The highest BCUT2D eigenvalue weighted by Gasteiger charge is 2.12. The van der Waals surface area contributed by atoms with Crippen LogP contribution in [0.3, 0.4) is 0 Å². The van der Waals surface area contributed by atoms with Crippen LogP contribution in [-0.4, -0.2) is 18.3 Å². The van der Waals surface area contributed by atoms with E-state index in [4.69, 9.17) is 11.6 Å². The van der Waals surface area contributed by atoms with Crippen LogP contribution in [0.1, 0.15) is 30.1 Å². The molecule has 18 heavy (non-hydrogen) atoms. The van der Waals surface area contributed by atoms with Crippen molar-refractivity contribution >= 4 is 49.4 Å². The van der Waals surface area contributed by atoms with E-state index in [-0.39, 0.29) is 5.91 Å². The Hall–Kier alpha value is -0.0600. The first-order valence-corrected chi connectivity index (χ1v) is 7.99. The van der Waals surface area contributed by atoms with Gasteiger partial charge in [0, 0.05) is 21.4 Å². The summed E-state index contributed by atoms with van der Waals surface area (Å²) in [6.45, 7) is 2.78. The number of carbonyl (C=O) groups is 1. The van der Waals surface area contributed by atoms with Gasteiger partial charge < -0.3 is 5.32 Å². The van der Waals surface area contributed by atoms with E-state index in [0.717, 1.165) is 21.8 Å². The van der Waals surface area contributed by atoms with Crippen molar-refractivity contribution in [3.8, 4) is 0 Å². The van der Waals surface area contributed by atoms with E-state index in [1.807, 2.05) is 12.1 Å². The first-order chi connectivity index (χ1) is 8.58. The number of amides is 1. The number of rotatable bonds is 6. The Labute approximate surface area is 130 Å². The molecule has 2 nitrogen and oxygen atoms in total. The second-order valence-corrected chi connectivity index (χ2v) is 6.23. The zero-order valence-corrected chi connectivity index (χ0v) is 14.1. The molecule has 0 saturated heterocycles. The zero-order valence-electron chi connectivity index (χ0n) is 10.2. The minimum atomic E-state index is -0.0533. The van der Waals surface area contributed by atoms with Crippen molar-refractivity contribution in [2.45, 2.75) is 19.8 Å². The molecule has 1 unspecified atom stereocenters. The first-order valence-electron chi connectivity index (χ1n) is 5.87. The smallest absolute Gasteiger partial charge is 0.252 e. The number of nitrogens with one attached hydrogen (secondary N) is 1. The first kappa shape index (κ1) is 16.0. The van der Waals surface area contributed by atoms with Crippen LogP contribution in [0.4, 0.5) is 0 Å². The molecule has 1 N–H and O–H groups in total. The zero-order chi connectivity index (χ0) is 13.5. The molecular weight excluding hydrogens is 381 g/mol. The monoisotopic (exact) mass is 395 g/mol. The van der Waals surface area contributed by atoms with Gasteiger partial charge in [-0.15, -0.1) is 11.6 Å². The summed E-state index contributed by atoms with van der Waals surface area (Å²) in [6.07, 6.45) is 1.95. The quantitative estimate of drug-likeness (QED) is 0.699. The van der Waals surface area contributed by atoms with Crippen molar-refractivity contribution in [1.82, 2.24) is 5.32 Å². The second kappa shape index (κ2) is 8.18. The number of hydrogen-bond acceptors (Lipinski definition) is 1. The minimum Gasteiger partial charge on any atom is -0.352 e. The molecule has 100 valence electrons. The molecule has 0 radical (unpaired) electrons. The third-order valence-electron chi connectivity index (χ3n) is 2.82. The van der Waals surface area contributed by atoms with Gasteiger partial charge in [-0.25, -0.2) is 0 Å². The second-order valence-electron chi connectivity index (χ2n) is 4.09. The number of hydrogen-bond donors (Lipinski definition) is 1. The Morgan fingerprint density at radius 3 is 2.72 bits per heavy atom. The number of carbonyl (C=O) groups excluding carboxylic acids is 1. The lowest BCUT2D eigenvalue weighted by Gasteiger charge is -2.14. The normalized spacial score (nSPS) is 12.2. The SMILES string of the molecule is CCC(CCCl)CNC(=O)c1ccc(Br)cc1Br. The highest BCUT2D eigenvalue weighted by atomic mass is 79.9. The fourth-order valence-corrected chi connectivity index (χ4v) is 3.15. The summed E-state index contributed by atoms with van der Waals surface area (Å²) in [7, 11) is 0. The molecule has 0 spiro atoms. The van der Waals surface area contributed by atoms with Crippen LogP contribution in [0.5, 0.6) is 0 Å². The number of halogens is 3. The van der Waals surface area contributed by atoms with Crippen LogP contribution in [-0.2, 0) is 0 Å². The number of benzene rings is 1. The third-order valence-corrected chi connectivity index (χ3v) is 4.19. The molecule has 1 amide bonds. The van der Waals surface area contributed by atoms with Gasteiger partial charge in [-0.05, 0) is 46.5 Å². The Balaban J connectivity index is 2.59. The van der Waals surface area contributed by atoms with E-state index in [0.29, 0.717) is 23.9 Å². The van der Waals surface area contributed by atoms with Gasteiger partial charge in [-0.1, -0.05) is 29.3 Å². The minimum absolute atomic E-state index is 0.0533. The fourth-order valence-electron chi connectivity index (χ4n) is 1.61. The lowest BCUT2D eigenvalue weighted by atomic mass is 10.0. The maximum atomic E-state index is 12.0. The molecule has 0 heterocycles. The summed E-state index contributed by atoms with van der Waals surface area (Å²) in [5.74, 6) is 1.03. The van der Waals surface area contributed by atoms with E-state index in [1.165, 1.54) is 0 Å². The largest absolute Gasteiger partial charge is 0.352 e. The van der Waals surface area contributed by atoms with Gasteiger partial charge in [-0.3, -0.25) is 4.79 Å². The van der Waals surface area contributed by atoms with Crippen molar-refractivity contribution in [2.75, 3.05) is 12.4 Å². The molecule has 0 aromatic heterocycles. The molecule has 1 rings (SSSR count). The number of alkyl halides is 1. The van der Waals surface area contributed by atoms with Crippen LogP contribution >= 0.6 is 43.5 Å². The Bertz CT molecular complexity index is 412. The summed E-state index contributed by atoms with van der Waals surface area (Å²) in [4.78, 5) is 12.0. The standard InChI is InChI=1S/C13H16Br2ClNO/c1-2-9(5-6-16)8-17-13(18)11-4-3-10(14)7-12(11)15/h3-4,7,9H,2,5-6,8H2,1H3,(H,17,18). The molecule has 0 aliphatic carbocycles. The maximum Gasteiger partial charge on any atom is 0.252 e. The summed E-state index contributed by atoms with van der Waals surface area (Å²) in [6, 6.07) is 5.52. The molecule has 0 saturated carbocycles. The summed E-state index contributed by atoms with van der Waals surface area (Å²) in [5.41, 5.74) is 0.652. The van der Waals surface area contributed by atoms with Crippen LogP contribution < -0.4 is 5.32 Å². The Kier molecular flexibility index (Phi) is 7.27. The van der Waals surface area contributed by atoms with Gasteiger partial charge >= 0.3 is 0 Å². The molecule has 0 fully saturated rings. The molecule has 0 aliphatic rings. The molecular formula is C13H16Br2ClNO. The highest BCUT2D eigenvalue weighted by molar-refractivity contribution is 9.11. The van der Waals surface area contributed by atoms with E-state index >= 15 is 0 Å². The van der Waals surface area contributed by atoms with Crippen molar-refractivity contribution < 1.29 is 4.79 Å². The predicted molar refractivity (Wildman–Crippen MR) is 83.3 cm³/mol. The predicted octanol–water partition coefficient (Wildman–Crippen LogP) is 4.60. The van der Waals surface area contributed by atoms with E-state index in [9.17, 15) is 4.79 Å². The van der Waals surface area contributed by atoms with Crippen LogP contribution in [0.15, 0.2) is 27.1 Å². The molecule has 1 atom stereocenters. The maximum absolute atomic E-state index is 12.0. The summed E-state index contributed by atoms with van der Waals surface area (Å²) < 4.78 is 1.74. The lowest BCUT2D eigenvalue weighted by Crippen LogP contribution is -2.29. The molecule has 5 heteroatoms. The van der Waals surface area contributed by atoms with Crippen LogP contribution in [0.2, 0.25) is 0 Å². The molecule has 0 aliphatic heterocycles. The summed E-state index contributed by atoms with van der Waals surface area (Å²) in [5, 5.41) is 2.95. The van der Waals surface area contributed by atoms with Gasteiger partial charge in [-0.2, -0.15) is 0 Å². The average molecular weight is 398 g/mol. The van der Waals surface area contributed by atoms with Crippen molar-refractivity contribution in [3.05, 3.63) is 32.7 Å². The Morgan fingerprint density at radius 2 is 2.17 bits per heavy atom. The molecule has 0 bridgehead atoms. The van der Waals surface area contributed by atoms with Crippen LogP contribution in [0.25, 0.3) is 0 Å². The van der Waals surface area contributed by atoms with Gasteiger partial charge in [0.2, 0.25) is 0 Å². The average Bonchev–Trinajstić information content (AvgIpc) is 2.34. The van der Waals surface area contributed by atoms with Crippen molar-refractivity contribution in [3.63, 3.8) is 0 Å². The van der Waals surface area contributed by atoms with Crippen molar-refractivity contribution in [1.29, 1.82) is 0 Å². The van der Waals surface area contributed by atoms with E-state index in [1.54, 1.807) is 6.07 Å². The third kappa shape index (κ3) is 4.90. The van der Waals surface area contributed by atoms with Gasteiger partial charge in [0.25, 0.3) is 5.91 Å². The highest BCUT2D eigenvalue weighted by Crippen LogP contribution is 2.22. The van der Waals surface area contributed by atoms with E-state index in [2.05, 4.69) is 44.1 Å². The fraction of sp³-hybridized carbons (Fsp3) is 0.462. The summed E-state index contributed by atoms with van der Waals surface area (Å²) >= 11 is 12.5. The van der Waals surface area contributed by atoms with Crippen molar-refractivity contribution in [2.24, 2.45) is 5.92 Å². The lowest BCUT2D eigenvalue weighted by molar-refractivity contribution is 0.0945. The topological polar surface area (TPSA) is 29.1 Å². The van der Waals surface area contributed by atoms with Gasteiger partial charge in [0.1, 0.15) is 0 Å². The van der Waals surface area contributed by atoms with Crippen LogP contribution in [0, 0.1) is 5.92 Å². The van der Waals surface area contributed by atoms with Gasteiger partial charge in [0.05, 0.1) is 5.56 Å². The Morgan fingerprint density at radius 1 is 1.44 bits per heavy atom. The van der Waals surface area contributed by atoms with E-state index < -0.39 is 0 Å². The molecule has 1 aromatic rings.